The summed E-state index contributed by atoms with van der Waals surface area (Å²) < 4.78 is 55.1. The van der Waals surface area contributed by atoms with Crippen LogP contribution in [0.4, 0.5) is 34.3 Å². The number of aromatic amines is 1. The van der Waals surface area contributed by atoms with Crippen LogP contribution in [-0.2, 0) is 25.9 Å². The first kappa shape index (κ1) is 59.0. The number of likely N-dealkylation sites (tertiary alicyclic amines) is 1. The molecule has 0 unspecified atom stereocenters. The predicted molar refractivity (Wildman–Crippen MR) is 334 cm³/mol. The molecule has 4 atom stereocenters. The van der Waals surface area contributed by atoms with Gasteiger partial charge in [-0.05, 0) is 179 Å². The van der Waals surface area contributed by atoms with Gasteiger partial charge in [-0.15, -0.1) is 0 Å². The van der Waals surface area contributed by atoms with Crippen LogP contribution in [0.3, 0.4) is 0 Å². The Morgan fingerprint density at radius 3 is 2.46 bits per heavy atom. The molecule has 20 nitrogen and oxygen atoms in total. The number of hydrogen-bond acceptors (Lipinski definition) is 17. The predicted octanol–water partition coefficient (Wildman–Crippen LogP) is 10.4. The van der Waals surface area contributed by atoms with Crippen molar-refractivity contribution in [3.63, 3.8) is 0 Å². The molecule has 7 aliphatic rings. The van der Waals surface area contributed by atoms with E-state index < -0.39 is 43.1 Å². The number of hydrogen-bond donors (Lipinski definition) is 4. The van der Waals surface area contributed by atoms with Crippen molar-refractivity contribution in [1.29, 1.82) is 0 Å². The molecule has 21 heteroatoms. The van der Waals surface area contributed by atoms with E-state index in [0.717, 1.165) is 119 Å². The zero-order valence-corrected chi connectivity index (χ0v) is 51.2. The highest BCUT2D eigenvalue weighted by Gasteiger charge is 2.51. The van der Waals surface area contributed by atoms with Gasteiger partial charge < -0.3 is 49.1 Å². The van der Waals surface area contributed by atoms with Gasteiger partial charge in [-0.25, -0.2) is 18.1 Å². The van der Waals surface area contributed by atoms with Crippen LogP contribution in [0.1, 0.15) is 130 Å². The van der Waals surface area contributed by atoms with E-state index in [1.807, 2.05) is 37.4 Å². The van der Waals surface area contributed by atoms with Crippen LogP contribution in [0.15, 0.2) is 96.2 Å². The number of pyridine rings is 2. The van der Waals surface area contributed by atoms with Crippen molar-refractivity contribution < 1.29 is 42.2 Å². The SMILES string of the molecule is COc1cc(C[C@H]2CCN(C3CC4(CCN(c5ccc(C(=O)NS(=O)(=O)c6ccc(NC[C@H]7CC[C@](C)(O)CC7)c([N+](=O)[O-])c6)c(N6c7cc8cc[nH]c8nc7O[C@H]7COCC[C@@H]76)c5)CC4)C3)[C@@H](c3ccccc3C(C)C)C2)cnc1N1CCOCC1. The van der Waals surface area contributed by atoms with Crippen LogP contribution < -0.4 is 34.2 Å². The molecule has 4 saturated heterocycles. The van der Waals surface area contributed by atoms with Gasteiger partial charge in [0, 0.05) is 80.9 Å². The third kappa shape index (κ3) is 12.1. The Bertz CT molecular complexity index is 3620. The molecule has 3 aromatic heterocycles. The van der Waals surface area contributed by atoms with E-state index in [2.05, 4.69) is 85.0 Å². The average Bonchev–Trinajstić information content (AvgIpc) is 1.53. The van der Waals surface area contributed by atoms with Crippen LogP contribution in [0.5, 0.6) is 11.6 Å². The highest BCUT2D eigenvalue weighted by Crippen LogP contribution is 2.55. The molecule has 2 aliphatic carbocycles. The zero-order valence-electron chi connectivity index (χ0n) is 50.4. The number of carbonyl (C=O) groups excluding carboxylic acids is 1. The second kappa shape index (κ2) is 24.2. The number of nitro groups is 1. The second-order valence-corrected chi connectivity index (χ2v) is 27.9. The van der Waals surface area contributed by atoms with Crippen molar-refractivity contribution in [2.45, 2.75) is 138 Å². The number of sulfonamides is 1. The number of carbonyl (C=O) groups is 1. The van der Waals surface area contributed by atoms with Gasteiger partial charge in [0.2, 0.25) is 5.88 Å². The average molecular weight is 1210 g/mol. The monoisotopic (exact) mass is 1210 g/mol. The Labute approximate surface area is 509 Å². The van der Waals surface area contributed by atoms with Gasteiger partial charge in [0.1, 0.15) is 23.1 Å². The number of aromatic nitrogens is 3. The number of nitro benzene ring substituents is 1. The number of aliphatic hydroxyl groups is 1. The smallest absolute Gasteiger partial charge is 0.293 e. The Morgan fingerprint density at radius 1 is 0.897 bits per heavy atom. The first-order valence-corrected chi connectivity index (χ1v) is 32.9. The van der Waals surface area contributed by atoms with E-state index in [0.29, 0.717) is 99.1 Å². The minimum atomic E-state index is -4.65. The normalized spacial score (nSPS) is 25.1. The number of nitrogens with zero attached hydrogens (tertiary/aromatic N) is 7. The van der Waals surface area contributed by atoms with Gasteiger partial charge in [-0.2, -0.15) is 4.98 Å². The molecule has 1 spiro atoms. The lowest BCUT2D eigenvalue weighted by Gasteiger charge is -2.58. The molecule has 2 saturated carbocycles. The molecule has 13 rings (SSSR count). The number of piperidine rings is 2. The Balaban J connectivity index is 0.743. The van der Waals surface area contributed by atoms with Gasteiger partial charge in [-0.1, -0.05) is 38.1 Å². The molecule has 87 heavy (non-hydrogen) atoms. The van der Waals surface area contributed by atoms with Crippen LogP contribution in [0, 0.1) is 27.4 Å². The maximum absolute atomic E-state index is 14.9. The Hall–Kier alpha value is -7.04. The van der Waals surface area contributed by atoms with E-state index in [1.54, 1.807) is 13.2 Å². The van der Waals surface area contributed by atoms with Crippen molar-refractivity contribution in [3.8, 4) is 11.6 Å². The van der Waals surface area contributed by atoms with Gasteiger partial charge in [0.05, 0.1) is 59.6 Å². The summed E-state index contributed by atoms with van der Waals surface area (Å²) in [5.74, 6) is 2.28. The number of methoxy groups -OCH3 is 1. The summed E-state index contributed by atoms with van der Waals surface area (Å²) in [5.41, 5.74) is 6.12. The summed E-state index contributed by atoms with van der Waals surface area (Å²) in [5, 5.41) is 26.9. The summed E-state index contributed by atoms with van der Waals surface area (Å²) in [6.45, 7) is 13.3. The number of anilines is 5. The highest BCUT2D eigenvalue weighted by atomic mass is 32.2. The van der Waals surface area contributed by atoms with Gasteiger partial charge >= 0.3 is 0 Å². The van der Waals surface area contributed by atoms with Crippen molar-refractivity contribution in [2.75, 3.05) is 92.8 Å². The van der Waals surface area contributed by atoms with Gasteiger partial charge in [0.25, 0.3) is 21.6 Å². The summed E-state index contributed by atoms with van der Waals surface area (Å²) >= 11 is 0. The lowest BCUT2D eigenvalue weighted by molar-refractivity contribution is -0.384. The Morgan fingerprint density at radius 2 is 1.69 bits per heavy atom. The summed E-state index contributed by atoms with van der Waals surface area (Å²) in [7, 11) is -2.91. The maximum Gasteiger partial charge on any atom is 0.293 e. The van der Waals surface area contributed by atoms with E-state index >= 15 is 0 Å². The lowest BCUT2D eigenvalue weighted by Crippen LogP contribution is -2.57. The van der Waals surface area contributed by atoms with Crippen molar-refractivity contribution in [1.82, 2.24) is 24.6 Å². The number of nitrogens with one attached hydrogen (secondary N) is 3. The maximum atomic E-state index is 14.9. The second-order valence-electron chi connectivity index (χ2n) is 26.2. The fourth-order valence-corrected chi connectivity index (χ4v) is 16.3. The van der Waals surface area contributed by atoms with Gasteiger partial charge in [-0.3, -0.25) is 19.8 Å². The molecule has 462 valence electrons. The molecule has 0 radical (unpaired) electrons. The third-order valence-electron chi connectivity index (χ3n) is 20.2. The molecular formula is C66H82N10O10S. The number of ether oxygens (including phenoxy) is 4. The van der Waals surface area contributed by atoms with Crippen LogP contribution >= 0.6 is 0 Å². The first-order valence-electron chi connectivity index (χ1n) is 31.4. The standard InChI is InChI=1S/C66H82N10O10S/c1-42(2)50-7-5-6-8-51(50)55-32-44(31-45-33-59(83-4)62(69-40-45)73-26-29-84-30-27-73)16-23-74(55)48-37-66(38-48)20-24-72(25-21-66)47-9-11-52(56(35-47)75-54-17-28-85-41-60(54)86-64-58(75)34-46-15-22-67-61(46)70-64)63(77)71-87(81,82)49-10-12-53(57(36-49)76(79)80)68-39-43-13-18-65(3,78)19-14-43/h5-12,15,22,33-36,40,42-44,48,54-55,60,68,78H,13-14,16-21,23-32,37-39,41H2,1-4H3,(H,67,70)(H,71,77)/t43-,44-,54+,55-,60+,65-/m1/s1. The molecule has 0 bridgehead atoms. The van der Waals surface area contributed by atoms with E-state index in [4.69, 9.17) is 28.9 Å². The number of amides is 1. The van der Waals surface area contributed by atoms with Crippen molar-refractivity contribution in [2.24, 2.45) is 17.3 Å². The number of fused-ring (bicyclic) bond motifs is 3. The summed E-state index contributed by atoms with van der Waals surface area (Å²) in [6.07, 6.45) is 14.2. The van der Waals surface area contributed by atoms with Crippen LogP contribution in [0.25, 0.3) is 11.0 Å². The summed E-state index contributed by atoms with van der Waals surface area (Å²) in [6, 6.07) is 25.0. The fraction of sp³-hybridized carbons (Fsp3) is 0.530. The molecule has 5 aliphatic heterocycles. The van der Waals surface area contributed by atoms with Gasteiger partial charge in [0.15, 0.2) is 11.6 Å². The van der Waals surface area contributed by atoms with Crippen molar-refractivity contribution >= 4 is 61.2 Å². The van der Waals surface area contributed by atoms with E-state index in [1.165, 1.54) is 28.8 Å². The molecule has 6 aromatic rings. The molecule has 1 amide bonds. The molecule has 3 aromatic carbocycles. The third-order valence-corrected chi connectivity index (χ3v) is 21.6. The van der Waals surface area contributed by atoms with Crippen LogP contribution in [-0.4, -0.2) is 141 Å². The molecular weight excluding hydrogens is 1120 g/mol. The minimum absolute atomic E-state index is 0.111. The van der Waals surface area contributed by atoms with Crippen LogP contribution in [0.2, 0.25) is 0 Å². The van der Waals surface area contributed by atoms with Crippen molar-refractivity contribution in [3.05, 3.63) is 124 Å². The van der Waals surface area contributed by atoms with E-state index in [9.17, 15) is 28.4 Å². The highest BCUT2D eigenvalue weighted by molar-refractivity contribution is 7.90. The largest absolute Gasteiger partial charge is 0.493 e. The Kier molecular flexibility index (Phi) is 16.4. The fourth-order valence-electron chi connectivity index (χ4n) is 15.3. The minimum Gasteiger partial charge on any atom is -0.493 e. The number of H-pyrrole nitrogens is 1. The first-order chi connectivity index (χ1) is 42.0. The molecule has 4 N–H and O–H groups in total. The molecule has 8 heterocycles. The summed E-state index contributed by atoms with van der Waals surface area (Å²) in [4.78, 5) is 49.0. The zero-order chi connectivity index (χ0) is 60.2. The number of benzene rings is 3. The van der Waals surface area contributed by atoms with E-state index in [-0.39, 0.29) is 28.6 Å². The number of morpholine rings is 1. The number of rotatable bonds is 16. The lowest BCUT2D eigenvalue weighted by atomic mass is 9.59. The quantitative estimate of drug-likeness (QED) is 0.0521. The topological polar surface area (TPSA) is 230 Å². The molecule has 6 fully saturated rings.